The van der Waals surface area contributed by atoms with Crippen molar-refractivity contribution < 1.29 is 14.2 Å². The summed E-state index contributed by atoms with van der Waals surface area (Å²) >= 11 is 2.91. The van der Waals surface area contributed by atoms with Crippen LogP contribution < -0.4 is 19.1 Å². The standard InChI is InChI=1S/C22H22N8O3S2/c1-5-28(7-6-23)20-25-17(13(2)34-20)12-33-19-8-14(31-3)10-29-18(19)9-15(26-29)16-11-30-21(24-16)35-22(27-30)32-4/h8-11H,5,7,12H2,1-4H3. The van der Waals surface area contributed by atoms with Crippen LogP contribution in [0.15, 0.2) is 24.5 Å². The van der Waals surface area contributed by atoms with Gasteiger partial charge in [0.05, 0.1) is 38.4 Å². The van der Waals surface area contributed by atoms with Crippen LogP contribution in [0.5, 0.6) is 16.7 Å². The summed E-state index contributed by atoms with van der Waals surface area (Å²) in [4.78, 5) is 13.0. The maximum absolute atomic E-state index is 9.07. The predicted octanol–water partition coefficient (Wildman–Crippen LogP) is 3.82. The first kappa shape index (κ1) is 22.9. The molecule has 5 aromatic heterocycles. The van der Waals surface area contributed by atoms with E-state index in [-0.39, 0.29) is 6.61 Å². The van der Waals surface area contributed by atoms with Crippen molar-refractivity contribution in [2.24, 2.45) is 0 Å². The van der Waals surface area contributed by atoms with E-state index < -0.39 is 0 Å². The monoisotopic (exact) mass is 510 g/mol. The molecule has 35 heavy (non-hydrogen) atoms. The van der Waals surface area contributed by atoms with Crippen LogP contribution in [0.3, 0.4) is 0 Å². The van der Waals surface area contributed by atoms with Gasteiger partial charge in [0.25, 0.3) is 5.19 Å². The minimum Gasteiger partial charge on any atom is -0.495 e. The third kappa shape index (κ3) is 4.33. The van der Waals surface area contributed by atoms with Gasteiger partial charge in [-0.25, -0.2) is 19.0 Å². The Hall–Kier alpha value is -3.89. The molecule has 0 saturated carbocycles. The Kier molecular flexibility index (Phi) is 6.14. The topological polar surface area (TPSA) is 115 Å². The Morgan fingerprint density at radius 1 is 1.06 bits per heavy atom. The molecule has 0 fully saturated rings. The normalized spacial score (nSPS) is 11.2. The van der Waals surface area contributed by atoms with Gasteiger partial charge in [-0.1, -0.05) is 0 Å². The van der Waals surface area contributed by atoms with E-state index in [4.69, 9.17) is 24.5 Å². The number of aromatic nitrogens is 6. The number of anilines is 1. The van der Waals surface area contributed by atoms with Crippen molar-refractivity contribution in [1.82, 2.24) is 29.2 Å². The van der Waals surface area contributed by atoms with E-state index >= 15 is 0 Å². The van der Waals surface area contributed by atoms with E-state index in [9.17, 15) is 0 Å². The fraction of sp³-hybridized carbons (Fsp3) is 0.318. The molecule has 0 spiro atoms. The summed E-state index contributed by atoms with van der Waals surface area (Å²) in [5.41, 5.74) is 2.98. The Bertz CT molecular complexity index is 1510. The lowest BCUT2D eigenvalue weighted by molar-refractivity contribution is 0.301. The molecular formula is C22H22N8O3S2. The average Bonchev–Trinajstić information content (AvgIpc) is 3.62. The number of fused-ring (bicyclic) bond motifs is 2. The van der Waals surface area contributed by atoms with Gasteiger partial charge in [0, 0.05) is 17.5 Å². The van der Waals surface area contributed by atoms with Gasteiger partial charge in [0.15, 0.2) is 5.13 Å². The summed E-state index contributed by atoms with van der Waals surface area (Å²) < 4.78 is 20.2. The molecule has 5 rings (SSSR count). The first-order valence-corrected chi connectivity index (χ1v) is 12.3. The highest BCUT2D eigenvalue weighted by Gasteiger charge is 2.18. The molecule has 0 amide bonds. The van der Waals surface area contributed by atoms with Crippen molar-refractivity contribution in [3.63, 3.8) is 0 Å². The number of hydrogen-bond donors (Lipinski definition) is 0. The quantitative estimate of drug-likeness (QED) is 0.273. The molecule has 0 aliphatic rings. The summed E-state index contributed by atoms with van der Waals surface area (Å²) in [5, 5.41) is 19.4. The highest BCUT2D eigenvalue weighted by molar-refractivity contribution is 7.18. The summed E-state index contributed by atoms with van der Waals surface area (Å²) in [6.07, 6.45) is 3.60. The van der Waals surface area contributed by atoms with Crippen LogP contribution in [0.25, 0.3) is 21.9 Å². The first-order chi connectivity index (χ1) is 17.0. The molecule has 0 aliphatic carbocycles. The van der Waals surface area contributed by atoms with Crippen molar-refractivity contribution >= 4 is 38.3 Å². The highest BCUT2D eigenvalue weighted by Crippen LogP contribution is 2.32. The van der Waals surface area contributed by atoms with Crippen LogP contribution in [0, 0.1) is 18.3 Å². The summed E-state index contributed by atoms with van der Waals surface area (Å²) in [6, 6.07) is 5.94. The van der Waals surface area contributed by atoms with Gasteiger partial charge in [-0.15, -0.1) is 16.4 Å². The molecule has 5 aromatic rings. The molecule has 11 nitrogen and oxygen atoms in total. The third-order valence-electron chi connectivity index (χ3n) is 5.37. The van der Waals surface area contributed by atoms with Crippen LogP contribution >= 0.6 is 22.7 Å². The summed E-state index contributed by atoms with van der Waals surface area (Å²) in [7, 11) is 3.18. The lowest BCUT2D eigenvalue weighted by Crippen LogP contribution is -2.22. The fourth-order valence-electron chi connectivity index (χ4n) is 3.51. The van der Waals surface area contributed by atoms with Crippen molar-refractivity contribution in [3.8, 4) is 34.1 Å². The van der Waals surface area contributed by atoms with Crippen molar-refractivity contribution in [2.75, 3.05) is 32.2 Å². The number of thiazole rings is 1. The second kappa shape index (κ2) is 9.40. The van der Waals surface area contributed by atoms with Gasteiger partial charge in [-0.2, -0.15) is 10.4 Å². The largest absolute Gasteiger partial charge is 0.495 e. The number of methoxy groups -OCH3 is 2. The van der Waals surface area contributed by atoms with E-state index in [2.05, 4.69) is 21.3 Å². The van der Waals surface area contributed by atoms with Gasteiger partial charge in [0.1, 0.15) is 41.6 Å². The number of hydrogen-bond acceptors (Lipinski definition) is 11. The second-order valence-electron chi connectivity index (χ2n) is 7.49. The van der Waals surface area contributed by atoms with Gasteiger partial charge in [-0.05, 0) is 31.3 Å². The highest BCUT2D eigenvalue weighted by atomic mass is 32.1. The molecule has 0 aliphatic heterocycles. The Morgan fingerprint density at radius 2 is 1.91 bits per heavy atom. The van der Waals surface area contributed by atoms with Crippen LogP contribution in [0.2, 0.25) is 0 Å². The first-order valence-electron chi connectivity index (χ1n) is 10.7. The number of nitrogens with zero attached hydrogens (tertiary/aromatic N) is 8. The predicted molar refractivity (Wildman–Crippen MR) is 133 cm³/mol. The Morgan fingerprint density at radius 3 is 2.63 bits per heavy atom. The van der Waals surface area contributed by atoms with E-state index in [0.717, 1.165) is 26.2 Å². The number of ether oxygens (including phenoxy) is 3. The number of aryl methyl sites for hydroxylation is 1. The van der Waals surface area contributed by atoms with Crippen LogP contribution in [-0.4, -0.2) is 56.5 Å². The average molecular weight is 511 g/mol. The molecule has 0 bridgehead atoms. The number of rotatable bonds is 9. The molecule has 180 valence electrons. The van der Waals surface area contributed by atoms with Gasteiger partial charge >= 0.3 is 0 Å². The number of imidazole rings is 1. The van der Waals surface area contributed by atoms with E-state index in [0.29, 0.717) is 41.2 Å². The molecule has 13 heteroatoms. The fourth-order valence-corrected chi connectivity index (χ4v) is 5.18. The van der Waals surface area contributed by atoms with Crippen molar-refractivity contribution in [1.29, 1.82) is 5.26 Å². The molecule has 0 atom stereocenters. The van der Waals surface area contributed by atoms with Crippen molar-refractivity contribution in [2.45, 2.75) is 20.5 Å². The van der Waals surface area contributed by atoms with Crippen LogP contribution in [0.1, 0.15) is 17.5 Å². The maximum atomic E-state index is 9.07. The molecule has 0 saturated heterocycles. The Labute approximate surface area is 208 Å². The molecule has 5 heterocycles. The zero-order valence-corrected chi connectivity index (χ0v) is 21.2. The molecule has 0 aromatic carbocycles. The van der Waals surface area contributed by atoms with Gasteiger partial charge in [-0.3, -0.25) is 0 Å². The Balaban J connectivity index is 1.45. The maximum Gasteiger partial charge on any atom is 0.294 e. The molecule has 0 N–H and O–H groups in total. The van der Waals surface area contributed by atoms with E-state index in [1.165, 1.54) is 11.3 Å². The minimum atomic E-state index is 0.277. The van der Waals surface area contributed by atoms with Gasteiger partial charge < -0.3 is 19.1 Å². The zero-order valence-electron chi connectivity index (χ0n) is 19.5. The summed E-state index contributed by atoms with van der Waals surface area (Å²) in [6.45, 7) is 5.30. The molecular weight excluding hydrogens is 488 g/mol. The lowest BCUT2D eigenvalue weighted by atomic mass is 10.3. The smallest absolute Gasteiger partial charge is 0.294 e. The number of nitriles is 1. The van der Waals surface area contributed by atoms with E-state index in [1.807, 2.05) is 37.1 Å². The van der Waals surface area contributed by atoms with Gasteiger partial charge in [0.2, 0.25) is 4.96 Å². The van der Waals surface area contributed by atoms with E-state index in [1.54, 1.807) is 40.8 Å². The molecule has 0 unspecified atom stereocenters. The molecule has 0 radical (unpaired) electrons. The van der Waals surface area contributed by atoms with Crippen molar-refractivity contribution in [3.05, 3.63) is 35.1 Å². The number of pyridine rings is 1. The SMILES string of the molecule is CCN(CC#N)c1nc(COc2cc(OC)cn3nc(-c4cn5nc(OC)sc5n4)cc23)c(C)s1. The van der Waals surface area contributed by atoms with Crippen LogP contribution in [-0.2, 0) is 6.61 Å². The summed E-state index contributed by atoms with van der Waals surface area (Å²) in [5.74, 6) is 1.23. The second-order valence-corrected chi connectivity index (χ2v) is 9.59. The minimum absolute atomic E-state index is 0.277. The van der Waals surface area contributed by atoms with Crippen LogP contribution in [0.4, 0.5) is 5.13 Å². The lowest BCUT2D eigenvalue weighted by Gasteiger charge is -2.14. The third-order valence-corrected chi connectivity index (χ3v) is 7.33. The zero-order chi connectivity index (χ0) is 24.5.